The molecule has 0 atom stereocenters. The van der Waals surface area contributed by atoms with Gasteiger partial charge >= 0.3 is 0 Å². The lowest BCUT2D eigenvalue weighted by molar-refractivity contribution is -0.137. The lowest BCUT2D eigenvalue weighted by Crippen LogP contribution is -2.32. The Labute approximate surface area is 177 Å². The molecule has 0 saturated heterocycles. The van der Waals surface area contributed by atoms with Gasteiger partial charge in [-0.3, -0.25) is 19.5 Å². The molecule has 5 nitrogen and oxygen atoms in total. The second-order valence-electron chi connectivity index (χ2n) is 6.85. The molecule has 30 heavy (non-hydrogen) atoms. The molecule has 4 rings (SSSR count). The Kier molecular flexibility index (Phi) is 5.33. The standard InChI is InChI=1S/C23H17ClFN3O2/c1-14-18(24)3-2-4-19(14)27-21-20(16-5-7-17(25)8-6-16)22(29)28(23(21)30)13-15-9-11-26-12-10-15/h2-12,27H,13H2,1H3. The highest BCUT2D eigenvalue weighted by Gasteiger charge is 2.39. The van der Waals surface area contributed by atoms with E-state index in [1.165, 1.54) is 24.3 Å². The molecular weight excluding hydrogens is 405 g/mol. The van der Waals surface area contributed by atoms with E-state index in [9.17, 15) is 14.0 Å². The summed E-state index contributed by atoms with van der Waals surface area (Å²) in [5.41, 5.74) is 2.90. The minimum atomic E-state index is -0.462. The minimum absolute atomic E-state index is 0.102. The van der Waals surface area contributed by atoms with Gasteiger partial charge in [-0.2, -0.15) is 0 Å². The highest BCUT2D eigenvalue weighted by molar-refractivity contribution is 6.36. The predicted molar refractivity (Wildman–Crippen MR) is 113 cm³/mol. The van der Waals surface area contributed by atoms with E-state index in [-0.39, 0.29) is 17.8 Å². The van der Waals surface area contributed by atoms with Crippen molar-refractivity contribution in [2.24, 2.45) is 0 Å². The van der Waals surface area contributed by atoms with Gasteiger partial charge in [0.2, 0.25) is 0 Å². The van der Waals surface area contributed by atoms with Crippen molar-refractivity contribution < 1.29 is 14.0 Å². The average Bonchev–Trinajstić information content (AvgIpc) is 2.97. The zero-order valence-corrected chi connectivity index (χ0v) is 16.8. The predicted octanol–water partition coefficient (Wildman–Crippen LogP) is 4.57. The van der Waals surface area contributed by atoms with Gasteiger partial charge in [-0.15, -0.1) is 0 Å². The maximum atomic E-state index is 13.4. The molecule has 1 aromatic heterocycles. The van der Waals surface area contributed by atoms with Crippen LogP contribution in [0.25, 0.3) is 5.57 Å². The molecule has 2 amide bonds. The molecule has 1 aliphatic rings. The third-order valence-corrected chi connectivity index (χ3v) is 5.33. The second kappa shape index (κ2) is 8.08. The van der Waals surface area contributed by atoms with Crippen LogP contribution < -0.4 is 5.32 Å². The number of halogens is 2. The fourth-order valence-electron chi connectivity index (χ4n) is 3.27. The largest absolute Gasteiger partial charge is 0.350 e. The van der Waals surface area contributed by atoms with Crippen LogP contribution in [0.4, 0.5) is 10.1 Å². The molecule has 150 valence electrons. The summed E-state index contributed by atoms with van der Waals surface area (Å²) in [6, 6.07) is 14.2. The van der Waals surface area contributed by atoms with Crippen molar-refractivity contribution in [3.63, 3.8) is 0 Å². The number of benzene rings is 2. The number of carbonyl (C=O) groups excluding carboxylic acids is 2. The van der Waals surface area contributed by atoms with Crippen LogP contribution in [-0.4, -0.2) is 21.7 Å². The van der Waals surface area contributed by atoms with Crippen molar-refractivity contribution in [3.8, 4) is 0 Å². The molecule has 1 aliphatic heterocycles. The van der Waals surface area contributed by atoms with Gasteiger partial charge in [-0.1, -0.05) is 29.8 Å². The van der Waals surface area contributed by atoms with Gasteiger partial charge in [0.1, 0.15) is 11.5 Å². The molecule has 3 aromatic rings. The maximum Gasteiger partial charge on any atom is 0.278 e. The Hall–Kier alpha value is -3.51. The minimum Gasteiger partial charge on any atom is -0.350 e. The number of carbonyl (C=O) groups is 2. The van der Waals surface area contributed by atoms with Gasteiger partial charge in [0.05, 0.1) is 12.1 Å². The number of hydrogen-bond acceptors (Lipinski definition) is 4. The molecule has 0 bridgehead atoms. The lowest BCUT2D eigenvalue weighted by atomic mass is 10.0. The van der Waals surface area contributed by atoms with Crippen LogP contribution in [0.3, 0.4) is 0 Å². The van der Waals surface area contributed by atoms with Crippen LogP contribution in [0, 0.1) is 12.7 Å². The average molecular weight is 422 g/mol. The van der Waals surface area contributed by atoms with Crippen molar-refractivity contribution in [2.45, 2.75) is 13.5 Å². The van der Waals surface area contributed by atoms with Crippen molar-refractivity contribution in [2.75, 3.05) is 5.32 Å². The van der Waals surface area contributed by atoms with E-state index >= 15 is 0 Å². The van der Waals surface area contributed by atoms with Gasteiger partial charge in [0, 0.05) is 23.1 Å². The SMILES string of the molecule is Cc1c(Cl)cccc1NC1=C(c2ccc(F)cc2)C(=O)N(Cc2ccncc2)C1=O. The summed E-state index contributed by atoms with van der Waals surface area (Å²) >= 11 is 6.21. The van der Waals surface area contributed by atoms with Crippen LogP contribution >= 0.6 is 11.6 Å². The van der Waals surface area contributed by atoms with Crippen molar-refractivity contribution >= 4 is 34.7 Å². The van der Waals surface area contributed by atoms with E-state index in [0.29, 0.717) is 16.3 Å². The van der Waals surface area contributed by atoms with Crippen LogP contribution in [-0.2, 0) is 16.1 Å². The van der Waals surface area contributed by atoms with Gasteiger partial charge in [-0.05, 0) is 60.0 Å². The van der Waals surface area contributed by atoms with Crippen molar-refractivity contribution in [1.29, 1.82) is 0 Å². The highest BCUT2D eigenvalue weighted by Crippen LogP contribution is 2.33. The number of imide groups is 1. The highest BCUT2D eigenvalue weighted by atomic mass is 35.5. The molecule has 0 fully saturated rings. The Bertz CT molecular complexity index is 1160. The van der Waals surface area contributed by atoms with E-state index in [0.717, 1.165) is 16.0 Å². The summed E-state index contributed by atoms with van der Waals surface area (Å²) in [5.74, 6) is -1.34. The monoisotopic (exact) mass is 421 g/mol. The molecule has 2 aromatic carbocycles. The first-order valence-corrected chi connectivity index (χ1v) is 9.61. The van der Waals surface area contributed by atoms with Crippen LogP contribution in [0.2, 0.25) is 5.02 Å². The van der Waals surface area contributed by atoms with Crippen LogP contribution in [0.1, 0.15) is 16.7 Å². The van der Waals surface area contributed by atoms with Crippen LogP contribution in [0.15, 0.2) is 72.7 Å². The van der Waals surface area contributed by atoms with Crippen LogP contribution in [0.5, 0.6) is 0 Å². The Balaban J connectivity index is 1.77. The van der Waals surface area contributed by atoms with E-state index < -0.39 is 17.6 Å². The zero-order chi connectivity index (χ0) is 21.3. The third kappa shape index (κ3) is 3.69. The summed E-state index contributed by atoms with van der Waals surface area (Å²) in [4.78, 5) is 31.6. The van der Waals surface area contributed by atoms with Crippen molar-refractivity contribution in [3.05, 3.63) is 100 Å². The summed E-state index contributed by atoms with van der Waals surface area (Å²) in [7, 11) is 0. The van der Waals surface area contributed by atoms with Gasteiger partial charge in [0.15, 0.2) is 0 Å². The van der Waals surface area contributed by atoms with Gasteiger partial charge in [0.25, 0.3) is 11.8 Å². The van der Waals surface area contributed by atoms with E-state index in [4.69, 9.17) is 11.6 Å². The fraction of sp³-hybridized carbons (Fsp3) is 0.0870. The fourth-order valence-corrected chi connectivity index (χ4v) is 3.44. The first-order valence-electron chi connectivity index (χ1n) is 9.23. The molecule has 0 aliphatic carbocycles. The molecular formula is C23H17ClFN3O2. The number of hydrogen-bond donors (Lipinski definition) is 1. The zero-order valence-electron chi connectivity index (χ0n) is 16.0. The normalized spacial score (nSPS) is 13.9. The number of anilines is 1. The molecule has 1 N–H and O–H groups in total. The molecule has 0 spiro atoms. The van der Waals surface area contributed by atoms with E-state index in [2.05, 4.69) is 10.3 Å². The Morgan fingerprint density at radius 2 is 1.70 bits per heavy atom. The summed E-state index contributed by atoms with van der Waals surface area (Å²) in [5, 5.41) is 3.62. The number of nitrogens with zero attached hydrogens (tertiary/aromatic N) is 2. The topological polar surface area (TPSA) is 62.3 Å². The third-order valence-electron chi connectivity index (χ3n) is 4.92. The first kappa shape index (κ1) is 19.8. The summed E-state index contributed by atoms with van der Waals surface area (Å²) < 4.78 is 13.4. The number of rotatable bonds is 5. The van der Waals surface area contributed by atoms with E-state index in [1.54, 1.807) is 42.7 Å². The number of pyridine rings is 1. The molecule has 7 heteroatoms. The second-order valence-corrected chi connectivity index (χ2v) is 7.25. The van der Waals surface area contributed by atoms with E-state index in [1.807, 2.05) is 6.92 Å². The molecule has 2 heterocycles. The Morgan fingerprint density at radius 3 is 2.40 bits per heavy atom. The number of amides is 2. The van der Waals surface area contributed by atoms with Gasteiger partial charge in [-0.25, -0.2) is 4.39 Å². The number of aromatic nitrogens is 1. The van der Waals surface area contributed by atoms with Gasteiger partial charge < -0.3 is 5.32 Å². The maximum absolute atomic E-state index is 13.4. The first-order chi connectivity index (χ1) is 14.5. The quantitative estimate of drug-likeness (QED) is 0.613. The van der Waals surface area contributed by atoms with Crippen molar-refractivity contribution in [1.82, 2.24) is 9.88 Å². The molecule has 0 radical (unpaired) electrons. The lowest BCUT2D eigenvalue weighted by Gasteiger charge is -2.16. The summed E-state index contributed by atoms with van der Waals surface area (Å²) in [6.45, 7) is 1.92. The molecule has 0 saturated carbocycles. The smallest absolute Gasteiger partial charge is 0.278 e. The number of nitrogens with one attached hydrogen (secondary N) is 1. The summed E-state index contributed by atoms with van der Waals surface area (Å²) in [6.07, 6.45) is 3.20. The Morgan fingerprint density at radius 1 is 1.00 bits per heavy atom. The molecule has 0 unspecified atom stereocenters.